The van der Waals surface area contributed by atoms with Gasteiger partial charge >= 0.3 is 0 Å². The van der Waals surface area contributed by atoms with Gasteiger partial charge in [-0.15, -0.1) is 0 Å². The first kappa shape index (κ1) is 9.69. The van der Waals surface area contributed by atoms with Gasteiger partial charge in [0.25, 0.3) is 0 Å². The molecule has 1 fully saturated rings. The van der Waals surface area contributed by atoms with Crippen LogP contribution in [-0.4, -0.2) is 19.2 Å². The van der Waals surface area contributed by atoms with E-state index in [1.807, 2.05) is 0 Å². The Balaban J connectivity index is 1.82. The van der Waals surface area contributed by atoms with E-state index in [2.05, 4.69) is 36.5 Å². The van der Waals surface area contributed by atoms with Crippen LogP contribution in [0.3, 0.4) is 0 Å². The highest BCUT2D eigenvalue weighted by Crippen LogP contribution is 2.09. The van der Waals surface area contributed by atoms with E-state index in [9.17, 15) is 0 Å². The molecule has 1 atom stereocenters. The largest absolute Gasteiger partial charge is 0.372 e. The molecule has 0 radical (unpaired) electrons. The summed E-state index contributed by atoms with van der Waals surface area (Å²) >= 11 is 0. The number of hydrogen-bond donors (Lipinski definition) is 1. The van der Waals surface area contributed by atoms with Crippen LogP contribution in [-0.2, 0) is 11.3 Å². The molecule has 1 N–H and O–H groups in total. The zero-order chi connectivity index (χ0) is 9.80. The maximum atomic E-state index is 5.77. The molecule has 2 nitrogen and oxygen atoms in total. The Bertz CT molecular complexity index is 275. The van der Waals surface area contributed by atoms with Crippen molar-refractivity contribution in [1.29, 1.82) is 0 Å². The summed E-state index contributed by atoms with van der Waals surface area (Å²) < 4.78 is 5.77. The monoisotopic (exact) mass is 191 g/mol. The Kier molecular flexibility index (Phi) is 3.17. The molecule has 1 aliphatic heterocycles. The summed E-state index contributed by atoms with van der Waals surface area (Å²) in [5, 5.41) is 3.29. The van der Waals surface area contributed by atoms with E-state index in [0.717, 1.165) is 26.1 Å². The van der Waals surface area contributed by atoms with Crippen LogP contribution in [0.1, 0.15) is 17.5 Å². The zero-order valence-corrected chi connectivity index (χ0v) is 8.62. The molecule has 1 heterocycles. The standard InChI is InChI=1S/C12H17NO/c1-10-2-4-11(5-3-10)9-14-12-6-7-13-8-12/h2-5,12-13H,6-9H2,1H3/t12-/m1/s1. The molecule has 14 heavy (non-hydrogen) atoms. The fourth-order valence-corrected chi connectivity index (χ4v) is 1.67. The molecular weight excluding hydrogens is 174 g/mol. The molecule has 1 aliphatic rings. The number of hydrogen-bond acceptors (Lipinski definition) is 2. The molecule has 0 saturated carbocycles. The predicted octanol–water partition coefficient (Wildman–Crippen LogP) is 1.87. The van der Waals surface area contributed by atoms with Gasteiger partial charge in [-0.25, -0.2) is 0 Å². The van der Waals surface area contributed by atoms with E-state index in [0.29, 0.717) is 6.10 Å². The van der Waals surface area contributed by atoms with Gasteiger partial charge in [-0.05, 0) is 25.5 Å². The topological polar surface area (TPSA) is 21.3 Å². The van der Waals surface area contributed by atoms with E-state index in [1.54, 1.807) is 0 Å². The third-order valence-corrected chi connectivity index (χ3v) is 2.62. The van der Waals surface area contributed by atoms with Crippen LogP contribution in [0.25, 0.3) is 0 Å². The maximum absolute atomic E-state index is 5.77. The number of rotatable bonds is 3. The van der Waals surface area contributed by atoms with Crippen LogP contribution in [0.2, 0.25) is 0 Å². The van der Waals surface area contributed by atoms with Crippen LogP contribution in [0, 0.1) is 6.92 Å². The molecular formula is C12H17NO. The third kappa shape index (κ3) is 2.56. The van der Waals surface area contributed by atoms with Crippen molar-refractivity contribution < 1.29 is 4.74 Å². The van der Waals surface area contributed by atoms with Crippen molar-refractivity contribution in [1.82, 2.24) is 5.32 Å². The highest BCUT2D eigenvalue weighted by molar-refractivity contribution is 5.20. The smallest absolute Gasteiger partial charge is 0.0721 e. The molecule has 0 aliphatic carbocycles. The number of nitrogens with one attached hydrogen (secondary N) is 1. The fourth-order valence-electron chi connectivity index (χ4n) is 1.67. The lowest BCUT2D eigenvalue weighted by Crippen LogP contribution is -2.16. The van der Waals surface area contributed by atoms with E-state index in [4.69, 9.17) is 4.74 Å². The second-order valence-electron chi connectivity index (χ2n) is 3.91. The SMILES string of the molecule is Cc1ccc(CO[C@@H]2CCNC2)cc1. The molecule has 2 rings (SSSR count). The van der Waals surface area contributed by atoms with Gasteiger partial charge in [0.05, 0.1) is 12.7 Å². The Labute approximate surface area is 85.3 Å². The van der Waals surface area contributed by atoms with Gasteiger partial charge in [0.15, 0.2) is 0 Å². The van der Waals surface area contributed by atoms with Gasteiger partial charge in [-0.1, -0.05) is 29.8 Å². The van der Waals surface area contributed by atoms with Gasteiger partial charge < -0.3 is 10.1 Å². The number of aryl methyl sites for hydroxylation is 1. The molecule has 0 spiro atoms. The Morgan fingerprint density at radius 2 is 2.14 bits per heavy atom. The highest BCUT2D eigenvalue weighted by atomic mass is 16.5. The molecule has 0 bridgehead atoms. The summed E-state index contributed by atoms with van der Waals surface area (Å²) in [6.45, 7) is 4.95. The van der Waals surface area contributed by atoms with Crippen LogP contribution in [0.15, 0.2) is 24.3 Å². The molecule has 1 aromatic carbocycles. The van der Waals surface area contributed by atoms with Crippen molar-refractivity contribution in [2.45, 2.75) is 26.1 Å². The minimum Gasteiger partial charge on any atom is -0.372 e. The van der Waals surface area contributed by atoms with Gasteiger partial charge in [0.2, 0.25) is 0 Å². The first-order chi connectivity index (χ1) is 6.84. The summed E-state index contributed by atoms with van der Waals surface area (Å²) in [5.41, 5.74) is 2.57. The van der Waals surface area contributed by atoms with Crippen LogP contribution in [0.4, 0.5) is 0 Å². The summed E-state index contributed by atoms with van der Waals surface area (Å²) in [6.07, 6.45) is 1.56. The third-order valence-electron chi connectivity index (χ3n) is 2.62. The van der Waals surface area contributed by atoms with Gasteiger partial charge in [0, 0.05) is 6.54 Å². The molecule has 2 heteroatoms. The first-order valence-electron chi connectivity index (χ1n) is 5.22. The second kappa shape index (κ2) is 4.58. The lowest BCUT2D eigenvalue weighted by molar-refractivity contribution is 0.0542. The van der Waals surface area contributed by atoms with Crippen molar-refractivity contribution in [2.24, 2.45) is 0 Å². The van der Waals surface area contributed by atoms with Crippen molar-refractivity contribution in [2.75, 3.05) is 13.1 Å². The minimum absolute atomic E-state index is 0.413. The van der Waals surface area contributed by atoms with Crippen LogP contribution < -0.4 is 5.32 Å². The predicted molar refractivity (Wildman–Crippen MR) is 57.2 cm³/mol. The fraction of sp³-hybridized carbons (Fsp3) is 0.500. The Hall–Kier alpha value is -0.860. The second-order valence-corrected chi connectivity index (χ2v) is 3.91. The normalized spacial score (nSPS) is 21.4. The number of ether oxygens (including phenoxy) is 1. The highest BCUT2D eigenvalue weighted by Gasteiger charge is 2.14. The lowest BCUT2D eigenvalue weighted by atomic mass is 10.2. The summed E-state index contributed by atoms with van der Waals surface area (Å²) in [4.78, 5) is 0. The first-order valence-corrected chi connectivity index (χ1v) is 5.22. The molecule has 1 saturated heterocycles. The average molecular weight is 191 g/mol. The molecule has 0 aromatic heterocycles. The van der Waals surface area contributed by atoms with Gasteiger partial charge in [-0.3, -0.25) is 0 Å². The van der Waals surface area contributed by atoms with Crippen molar-refractivity contribution in [3.63, 3.8) is 0 Å². The minimum atomic E-state index is 0.413. The molecule has 1 aromatic rings. The summed E-state index contributed by atoms with van der Waals surface area (Å²) in [5.74, 6) is 0. The molecule has 0 amide bonds. The van der Waals surface area contributed by atoms with Crippen molar-refractivity contribution >= 4 is 0 Å². The van der Waals surface area contributed by atoms with Crippen LogP contribution >= 0.6 is 0 Å². The van der Waals surface area contributed by atoms with E-state index < -0.39 is 0 Å². The maximum Gasteiger partial charge on any atom is 0.0721 e. The Morgan fingerprint density at radius 3 is 2.79 bits per heavy atom. The molecule has 0 unspecified atom stereocenters. The van der Waals surface area contributed by atoms with Gasteiger partial charge in [0.1, 0.15) is 0 Å². The van der Waals surface area contributed by atoms with E-state index >= 15 is 0 Å². The summed E-state index contributed by atoms with van der Waals surface area (Å²) in [7, 11) is 0. The quantitative estimate of drug-likeness (QED) is 0.787. The van der Waals surface area contributed by atoms with Crippen molar-refractivity contribution in [3.8, 4) is 0 Å². The summed E-state index contributed by atoms with van der Waals surface area (Å²) in [6, 6.07) is 8.53. The molecule has 76 valence electrons. The Morgan fingerprint density at radius 1 is 1.36 bits per heavy atom. The van der Waals surface area contributed by atoms with Crippen molar-refractivity contribution in [3.05, 3.63) is 35.4 Å². The van der Waals surface area contributed by atoms with Gasteiger partial charge in [-0.2, -0.15) is 0 Å². The number of benzene rings is 1. The van der Waals surface area contributed by atoms with Crippen LogP contribution in [0.5, 0.6) is 0 Å². The zero-order valence-electron chi connectivity index (χ0n) is 8.62. The lowest BCUT2D eigenvalue weighted by Gasteiger charge is -2.10. The van der Waals surface area contributed by atoms with E-state index in [-0.39, 0.29) is 0 Å². The average Bonchev–Trinajstić information content (AvgIpc) is 2.70. The van der Waals surface area contributed by atoms with E-state index in [1.165, 1.54) is 11.1 Å².